The molecule has 0 aromatic heterocycles. The predicted octanol–water partition coefficient (Wildman–Crippen LogP) is 0.413. The highest BCUT2D eigenvalue weighted by atomic mass is 32.2. The van der Waals surface area contributed by atoms with Gasteiger partial charge in [-0.1, -0.05) is 18.2 Å². The molecule has 1 fully saturated rings. The van der Waals surface area contributed by atoms with Crippen LogP contribution < -0.4 is 5.73 Å². The molecular weight excluding hydrogens is 252 g/mol. The smallest absolute Gasteiger partial charge is 0.218 e. The predicted molar refractivity (Wildman–Crippen MR) is 70.2 cm³/mol. The molecule has 18 heavy (non-hydrogen) atoms. The number of anilines is 1. The Morgan fingerprint density at radius 2 is 2.11 bits per heavy atom. The molecule has 0 saturated carbocycles. The van der Waals surface area contributed by atoms with Gasteiger partial charge in [0.1, 0.15) is 0 Å². The molecule has 1 atom stereocenters. The molecule has 1 heterocycles. The lowest BCUT2D eigenvalue weighted by Crippen LogP contribution is -2.30. The summed E-state index contributed by atoms with van der Waals surface area (Å²) in [5.41, 5.74) is 6.89. The molecule has 1 aromatic carbocycles. The molecule has 3 N–H and O–H groups in total. The summed E-state index contributed by atoms with van der Waals surface area (Å²) < 4.78 is 25.9. The minimum absolute atomic E-state index is 0.0412. The van der Waals surface area contributed by atoms with Crippen molar-refractivity contribution in [1.29, 1.82) is 0 Å². The van der Waals surface area contributed by atoms with E-state index in [1.165, 1.54) is 4.31 Å². The van der Waals surface area contributed by atoms with Gasteiger partial charge in [-0.2, -0.15) is 0 Å². The molecule has 0 spiro atoms. The van der Waals surface area contributed by atoms with Crippen LogP contribution in [0.15, 0.2) is 24.3 Å². The normalized spacial score (nSPS) is 21.3. The highest BCUT2D eigenvalue weighted by Crippen LogP contribution is 2.23. The Kier molecular flexibility index (Phi) is 3.89. The second-order valence-corrected chi connectivity index (χ2v) is 6.62. The van der Waals surface area contributed by atoms with Gasteiger partial charge in [0.15, 0.2) is 0 Å². The number of hydrogen-bond donors (Lipinski definition) is 2. The van der Waals surface area contributed by atoms with Crippen molar-refractivity contribution in [3.63, 3.8) is 0 Å². The van der Waals surface area contributed by atoms with E-state index >= 15 is 0 Å². The Morgan fingerprint density at radius 3 is 2.72 bits per heavy atom. The fourth-order valence-electron chi connectivity index (χ4n) is 2.15. The van der Waals surface area contributed by atoms with Crippen LogP contribution in [-0.2, 0) is 15.8 Å². The van der Waals surface area contributed by atoms with Gasteiger partial charge >= 0.3 is 0 Å². The lowest BCUT2D eigenvalue weighted by atomic mass is 10.1. The van der Waals surface area contributed by atoms with E-state index in [4.69, 9.17) is 10.8 Å². The number of sulfonamides is 1. The van der Waals surface area contributed by atoms with Crippen molar-refractivity contribution in [2.24, 2.45) is 5.92 Å². The van der Waals surface area contributed by atoms with E-state index in [0.29, 0.717) is 24.3 Å². The number of aliphatic hydroxyl groups excluding tert-OH is 1. The second-order valence-electron chi connectivity index (χ2n) is 4.65. The van der Waals surface area contributed by atoms with Crippen LogP contribution in [0, 0.1) is 5.92 Å². The number of aliphatic hydroxyl groups is 1. The molecule has 100 valence electrons. The van der Waals surface area contributed by atoms with Crippen molar-refractivity contribution >= 4 is 15.7 Å². The molecule has 1 unspecified atom stereocenters. The van der Waals surface area contributed by atoms with Crippen LogP contribution in [0.5, 0.6) is 0 Å². The van der Waals surface area contributed by atoms with Gasteiger partial charge in [0.05, 0.1) is 5.75 Å². The van der Waals surface area contributed by atoms with Crippen LogP contribution in [0.3, 0.4) is 0 Å². The highest BCUT2D eigenvalue weighted by Gasteiger charge is 2.31. The van der Waals surface area contributed by atoms with Crippen molar-refractivity contribution in [2.75, 3.05) is 25.4 Å². The van der Waals surface area contributed by atoms with Crippen molar-refractivity contribution < 1.29 is 13.5 Å². The molecule has 1 aromatic rings. The SMILES string of the molecule is Nc1ccccc1CS(=O)(=O)N1CCC(CO)C1. The Morgan fingerprint density at radius 1 is 1.39 bits per heavy atom. The fraction of sp³-hybridized carbons (Fsp3) is 0.500. The minimum atomic E-state index is -3.34. The van der Waals surface area contributed by atoms with Crippen molar-refractivity contribution in [3.8, 4) is 0 Å². The zero-order chi connectivity index (χ0) is 13.2. The third-order valence-electron chi connectivity index (χ3n) is 3.29. The van der Waals surface area contributed by atoms with Crippen LogP contribution in [-0.4, -0.2) is 37.5 Å². The third kappa shape index (κ3) is 2.82. The lowest BCUT2D eigenvalue weighted by molar-refractivity contribution is 0.233. The maximum absolute atomic E-state index is 12.2. The van der Waals surface area contributed by atoms with E-state index in [1.54, 1.807) is 24.3 Å². The summed E-state index contributed by atoms with van der Waals surface area (Å²) in [5.74, 6) is -0.00874. The Bertz CT molecular complexity index is 516. The molecule has 1 aliphatic heterocycles. The van der Waals surface area contributed by atoms with E-state index < -0.39 is 10.0 Å². The van der Waals surface area contributed by atoms with Crippen LogP contribution in [0.25, 0.3) is 0 Å². The standard InChI is InChI=1S/C12H18N2O3S/c13-12-4-2-1-3-11(12)9-18(16,17)14-6-5-10(7-14)8-15/h1-4,10,15H,5-9,13H2. The van der Waals surface area contributed by atoms with E-state index in [-0.39, 0.29) is 18.3 Å². The summed E-state index contributed by atoms with van der Waals surface area (Å²) in [7, 11) is -3.34. The van der Waals surface area contributed by atoms with Gasteiger partial charge in [0.2, 0.25) is 10.0 Å². The van der Waals surface area contributed by atoms with Gasteiger partial charge in [-0.15, -0.1) is 0 Å². The van der Waals surface area contributed by atoms with Gasteiger partial charge in [-0.05, 0) is 24.0 Å². The minimum Gasteiger partial charge on any atom is -0.398 e. The number of nitrogens with zero attached hydrogens (tertiary/aromatic N) is 1. The summed E-state index contributed by atoms with van der Waals surface area (Å²) >= 11 is 0. The molecule has 5 nitrogen and oxygen atoms in total. The van der Waals surface area contributed by atoms with E-state index in [0.717, 1.165) is 6.42 Å². The Labute approximate surface area is 107 Å². The first kappa shape index (κ1) is 13.3. The van der Waals surface area contributed by atoms with Crippen LogP contribution >= 0.6 is 0 Å². The average molecular weight is 270 g/mol. The number of benzene rings is 1. The summed E-state index contributed by atoms with van der Waals surface area (Å²) in [6.07, 6.45) is 0.722. The number of nitrogen functional groups attached to an aromatic ring is 1. The van der Waals surface area contributed by atoms with Crippen LogP contribution in [0.4, 0.5) is 5.69 Å². The first-order chi connectivity index (χ1) is 8.53. The van der Waals surface area contributed by atoms with Gasteiger partial charge < -0.3 is 10.8 Å². The van der Waals surface area contributed by atoms with Gasteiger partial charge in [-0.3, -0.25) is 0 Å². The van der Waals surface area contributed by atoms with Gasteiger partial charge in [0, 0.05) is 25.4 Å². The van der Waals surface area contributed by atoms with Crippen LogP contribution in [0.1, 0.15) is 12.0 Å². The van der Waals surface area contributed by atoms with Crippen molar-refractivity contribution in [3.05, 3.63) is 29.8 Å². The van der Waals surface area contributed by atoms with E-state index in [2.05, 4.69) is 0 Å². The molecule has 0 bridgehead atoms. The van der Waals surface area contributed by atoms with Crippen molar-refractivity contribution in [1.82, 2.24) is 4.31 Å². The first-order valence-corrected chi connectivity index (χ1v) is 7.56. The molecule has 0 amide bonds. The molecule has 1 aliphatic rings. The zero-order valence-corrected chi connectivity index (χ0v) is 10.9. The zero-order valence-electron chi connectivity index (χ0n) is 10.1. The summed E-state index contributed by atoms with van der Waals surface area (Å²) in [6, 6.07) is 6.99. The topological polar surface area (TPSA) is 83.6 Å². The van der Waals surface area contributed by atoms with Gasteiger partial charge in [-0.25, -0.2) is 12.7 Å². The molecule has 0 radical (unpaired) electrons. The summed E-state index contributed by atoms with van der Waals surface area (Å²) in [5, 5.41) is 9.04. The number of para-hydroxylation sites is 1. The second kappa shape index (κ2) is 5.26. The number of nitrogens with two attached hydrogens (primary N) is 1. The monoisotopic (exact) mass is 270 g/mol. The highest BCUT2D eigenvalue weighted by molar-refractivity contribution is 7.88. The molecule has 1 saturated heterocycles. The largest absolute Gasteiger partial charge is 0.398 e. The maximum atomic E-state index is 12.2. The average Bonchev–Trinajstić information content (AvgIpc) is 2.81. The molecule has 0 aliphatic carbocycles. The maximum Gasteiger partial charge on any atom is 0.218 e. The Balaban J connectivity index is 2.11. The van der Waals surface area contributed by atoms with Gasteiger partial charge in [0.25, 0.3) is 0 Å². The Hall–Kier alpha value is -1.11. The van der Waals surface area contributed by atoms with E-state index in [1.807, 2.05) is 0 Å². The summed E-state index contributed by atoms with van der Waals surface area (Å²) in [4.78, 5) is 0. The molecular formula is C12H18N2O3S. The summed E-state index contributed by atoms with van der Waals surface area (Å²) in [6.45, 7) is 0.936. The third-order valence-corrected chi connectivity index (χ3v) is 5.09. The first-order valence-electron chi connectivity index (χ1n) is 5.95. The van der Waals surface area contributed by atoms with E-state index in [9.17, 15) is 8.42 Å². The fourth-order valence-corrected chi connectivity index (χ4v) is 3.81. The van der Waals surface area contributed by atoms with Crippen LogP contribution in [0.2, 0.25) is 0 Å². The van der Waals surface area contributed by atoms with Crippen molar-refractivity contribution in [2.45, 2.75) is 12.2 Å². The molecule has 6 heteroatoms. The number of hydrogen-bond acceptors (Lipinski definition) is 4. The lowest BCUT2D eigenvalue weighted by Gasteiger charge is -2.16. The number of rotatable bonds is 4. The quantitative estimate of drug-likeness (QED) is 0.776. The molecule has 2 rings (SSSR count).